The Morgan fingerprint density at radius 3 is 0.911 bits per heavy atom. The van der Waals surface area contributed by atoms with Crippen LogP contribution in [0.5, 0.6) is 0 Å². The molecule has 15 rings (SSSR count). The van der Waals surface area contributed by atoms with Crippen molar-refractivity contribution in [2.45, 2.75) is 471 Å². The zero-order valence-corrected chi connectivity index (χ0v) is 105. The summed E-state index contributed by atoms with van der Waals surface area (Å²) in [6, 6.07) is 54.5. The first-order valence-corrected chi connectivity index (χ1v) is 56.1. The fraction of sp³-hybridized carbons (Fsp3) is 0.550. The molecular weight excluding hydrogens is 1860 g/mol. The van der Waals surface area contributed by atoms with Crippen molar-refractivity contribution in [2.75, 3.05) is 0 Å². The number of nitrogens with zero attached hydrogens (tertiary/aromatic N) is 11. The third kappa shape index (κ3) is 36.7. The second kappa shape index (κ2) is 45.7. The smallest absolute Gasteiger partial charge is 0.143 e. The van der Waals surface area contributed by atoms with Crippen molar-refractivity contribution in [2.24, 2.45) is 0 Å². The number of hydrogen-bond acceptors (Lipinski definition) is 15. The van der Waals surface area contributed by atoms with Crippen molar-refractivity contribution in [1.82, 2.24) is 54.8 Å². The molecule has 0 aliphatic carbocycles. The minimum absolute atomic E-state index is 0.0973. The molecule has 0 unspecified atom stereocenters. The molecule has 0 N–H and O–H groups in total. The molecule has 0 saturated carbocycles. The van der Waals surface area contributed by atoms with E-state index in [9.17, 15) is 0 Å². The van der Waals surface area contributed by atoms with Crippen LogP contribution in [-0.2, 0) is 97.5 Å². The van der Waals surface area contributed by atoms with E-state index in [2.05, 4.69) is 545 Å². The monoisotopic (exact) mass is 2050 g/mol. The van der Waals surface area contributed by atoms with Crippen molar-refractivity contribution < 1.29 is 0 Å². The average molecular weight is 2050 g/mol. The summed E-state index contributed by atoms with van der Waals surface area (Å²) in [6.07, 6.45) is 7.83. The number of benzene rings is 4. The van der Waals surface area contributed by atoms with Crippen LogP contribution in [0.2, 0.25) is 0 Å². The lowest BCUT2D eigenvalue weighted by Gasteiger charge is -2.23. The summed E-state index contributed by atoms with van der Waals surface area (Å²) in [5.41, 5.74) is 26.9. The van der Waals surface area contributed by atoms with Gasteiger partial charge in [-0.1, -0.05) is 451 Å². The first-order valence-electron chi connectivity index (χ1n) is 52.8. The van der Waals surface area contributed by atoms with E-state index in [1.165, 1.54) is 91.8 Å². The van der Waals surface area contributed by atoms with Gasteiger partial charge in [-0.2, -0.15) is 0 Å². The van der Waals surface area contributed by atoms with Gasteiger partial charge in [-0.25, -0.2) is 29.9 Å². The van der Waals surface area contributed by atoms with Crippen LogP contribution in [0, 0.1) is 0 Å². The van der Waals surface area contributed by atoms with E-state index in [-0.39, 0.29) is 97.5 Å². The SMILES string of the molecule is CC(C)(C)c1ccc2ccc(C(C)(C)C)nc2c1.CC(C)(C)c1ccc2nc(C(C)(C)C)ccc2c1.CC(C)(C)c1ccc2nc(C(C)(C)C)sc2c1.CC(C)(C)c1ccc2nc(C(C)(C)C)sc2n1.CC(C)(C)c1ccc2sc(C(C)(C)C)nc2c1.CC(C)(C)c1cccc(C(C)(C)C)n1.CC(C)(C)c1ccnc(C(C)(C)C)c1.CC(C)(C)c1cnc2sc(C(C)(C)C)nc2c1.CC(C)(C)c1cncc(C(C)(C)C)c1. The highest BCUT2D eigenvalue weighted by atomic mass is 32.1. The van der Waals surface area contributed by atoms with Crippen molar-refractivity contribution in [1.29, 1.82) is 0 Å². The molecule has 11 heterocycles. The van der Waals surface area contributed by atoms with Gasteiger partial charge in [0.15, 0.2) is 0 Å². The summed E-state index contributed by atoms with van der Waals surface area (Å²) < 4.78 is 2.60. The molecule has 0 amide bonds. The lowest BCUT2D eigenvalue weighted by molar-refractivity contribution is 0.531. The predicted octanol–water partition coefficient (Wildman–Crippen LogP) is 39.0. The molecule has 0 aliphatic rings. The Hall–Kier alpha value is -8.99. The second-order valence-corrected chi connectivity index (χ2v) is 62.5. The zero-order chi connectivity index (χ0) is 111. The van der Waals surface area contributed by atoms with Gasteiger partial charge in [0.2, 0.25) is 0 Å². The second-order valence-electron chi connectivity index (χ2n) is 58.5. The average Bonchev–Trinajstić information content (AvgIpc) is 1.47. The molecule has 0 spiro atoms. The third-order valence-corrected chi connectivity index (χ3v) is 30.7. The van der Waals surface area contributed by atoms with Crippen molar-refractivity contribution >= 4 is 108 Å². The molecular formula is C131H191N11S4. The van der Waals surface area contributed by atoms with Gasteiger partial charge in [0, 0.05) is 124 Å². The molecule has 4 aromatic carbocycles. The molecule has 0 fully saturated rings. The van der Waals surface area contributed by atoms with Crippen LogP contribution >= 0.6 is 45.3 Å². The summed E-state index contributed by atoms with van der Waals surface area (Å²) in [6.45, 7) is 119. The summed E-state index contributed by atoms with van der Waals surface area (Å²) in [5.74, 6) is 0. The molecule has 11 aromatic heterocycles. The van der Waals surface area contributed by atoms with Gasteiger partial charge in [-0.15, -0.1) is 22.7 Å². The Balaban J connectivity index is 0.000000223. The van der Waals surface area contributed by atoms with Crippen LogP contribution in [0.1, 0.15) is 473 Å². The maximum atomic E-state index is 4.82. The highest BCUT2D eigenvalue weighted by Crippen LogP contribution is 2.41. The van der Waals surface area contributed by atoms with E-state index in [4.69, 9.17) is 34.9 Å². The highest BCUT2D eigenvalue weighted by molar-refractivity contribution is 7.19. The summed E-state index contributed by atoms with van der Waals surface area (Å²) in [7, 11) is 0. The van der Waals surface area contributed by atoms with Crippen LogP contribution in [0.4, 0.5) is 0 Å². The van der Waals surface area contributed by atoms with Gasteiger partial charge in [-0.3, -0.25) is 24.9 Å². The van der Waals surface area contributed by atoms with Crippen molar-refractivity contribution in [3.8, 4) is 0 Å². The lowest BCUT2D eigenvalue weighted by Crippen LogP contribution is -2.19. The minimum atomic E-state index is 0.0973. The lowest BCUT2D eigenvalue weighted by atomic mass is 9.82. The molecule has 11 nitrogen and oxygen atoms in total. The summed E-state index contributed by atoms with van der Waals surface area (Å²) in [5, 5.41) is 7.21. The molecule has 15 aromatic rings. The van der Waals surface area contributed by atoms with E-state index in [0.29, 0.717) is 0 Å². The summed E-state index contributed by atoms with van der Waals surface area (Å²) >= 11 is 7.05. The Labute approximate surface area is 902 Å². The zero-order valence-electron chi connectivity index (χ0n) is 101. The molecule has 794 valence electrons. The van der Waals surface area contributed by atoms with Crippen LogP contribution in [0.25, 0.3) is 62.9 Å². The Morgan fingerprint density at radius 1 is 0.164 bits per heavy atom. The quantitative estimate of drug-likeness (QED) is 0.143. The predicted molar refractivity (Wildman–Crippen MR) is 647 cm³/mol. The molecule has 146 heavy (non-hydrogen) atoms. The van der Waals surface area contributed by atoms with Crippen LogP contribution in [0.3, 0.4) is 0 Å². The maximum absolute atomic E-state index is 4.82. The van der Waals surface area contributed by atoms with Gasteiger partial charge < -0.3 is 0 Å². The number of thiazole rings is 4. The number of rotatable bonds is 0. The topological polar surface area (TPSA) is 142 Å². The van der Waals surface area contributed by atoms with Crippen LogP contribution in [0.15, 0.2) is 176 Å². The van der Waals surface area contributed by atoms with Gasteiger partial charge in [0.25, 0.3) is 0 Å². The van der Waals surface area contributed by atoms with Crippen LogP contribution < -0.4 is 0 Å². The number of hydrogen-bond donors (Lipinski definition) is 0. The first-order chi connectivity index (χ1) is 65.7. The fourth-order valence-electron chi connectivity index (χ4n) is 14.4. The number of fused-ring (bicyclic) bond motifs is 6. The first kappa shape index (κ1) is 124. The minimum Gasteiger partial charge on any atom is -0.264 e. The van der Waals surface area contributed by atoms with E-state index < -0.39 is 0 Å². The molecule has 0 atom stereocenters. The molecule has 0 radical (unpaired) electrons. The number of pyridine rings is 7. The Kier molecular flexibility index (Phi) is 38.8. The molecule has 0 bridgehead atoms. The summed E-state index contributed by atoms with van der Waals surface area (Å²) in [4.78, 5) is 53.3. The van der Waals surface area contributed by atoms with Gasteiger partial charge in [0.05, 0.1) is 41.5 Å². The van der Waals surface area contributed by atoms with E-state index in [0.717, 1.165) is 69.9 Å². The van der Waals surface area contributed by atoms with Gasteiger partial charge >= 0.3 is 0 Å². The maximum Gasteiger partial charge on any atom is 0.143 e. The fourth-order valence-corrected chi connectivity index (χ4v) is 18.4. The van der Waals surface area contributed by atoms with Gasteiger partial charge in [-0.05, 0) is 185 Å². The van der Waals surface area contributed by atoms with Crippen molar-refractivity contribution in [3.05, 3.63) is 275 Å². The Bertz CT molecular complexity index is 6030. The standard InChI is InChI=1S/2C17H23N.2C15H21NS.2C14H20N2S.3C13H21N/c1-16(2,3)13-8-9-14-12(11-13)7-10-15(18-14)17(4,5)6;1-16(2,3)13-9-7-12-8-10-15(17(4,5)6)18-14(12)11-13;1-14(2,3)10-7-8-12-11(9-10)16-13(17-12)15(4,5)6;1-14(2,3)10-7-8-11-12(9-10)17-13(16-11)15(4,5)6;1-13(2,3)9-7-10-11(15-8-9)17-12(16-10)14(4,5)6;1-13(2,3)10-8-7-9-11(16-10)17-12(15-9)14(4,5)6;1-12(2,3)10-7-11(9-14-8-10)13(4,5)6;1-12(2,3)10-7-8-14-11(9-10)13(4,5)6;1-12(2,3)10-8-7-9-11(14-10)13(4,5)6/h2*7-11H,1-6H3;2*7-9H,1-6H3;2*7-8H,1-6H3;3*7-9H,1-6H3. The third-order valence-electron chi connectivity index (χ3n) is 25.0. The van der Waals surface area contributed by atoms with E-state index >= 15 is 0 Å². The number of aromatic nitrogens is 11. The molecule has 0 aliphatic heterocycles. The largest absolute Gasteiger partial charge is 0.264 e. The molecule has 15 heteroatoms. The van der Waals surface area contributed by atoms with Crippen LogP contribution in [-0.4, -0.2) is 54.8 Å². The van der Waals surface area contributed by atoms with Gasteiger partial charge in [0.1, 0.15) is 30.7 Å². The highest BCUT2D eigenvalue weighted by Gasteiger charge is 2.31. The Morgan fingerprint density at radius 2 is 0.473 bits per heavy atom. The molecule has 0 saturated heterocycles. The van der Waals surface area contributed by atoms with Crippen molar-refractivity contribution in [3.63, 3.8) is 0 Å². The van der Waals surface area contributed by atoms with E-state index in [1.54, 1.807) is 22.7 Å². The normalized spacial score (nSPS) is 13.1. The van der Waals surface area contributed by atoms with E-state index in [1.807, 2.05) is 47.5 Å².